The number of nitrogens with two attached hydrogens (primary N) is 1. The van der Waals surface area contributed by atoms with Crippen LogP contribution in [0.25, 0.3) is 0 Å². The van der Waals surface area contributed by atoms with E-state index in [4.69, 9.17) is 5.14 Å². The van der Waals surface area contributed by atoms with Crippen LogP contribution in [-0.4, -0.2) is 48.8 Å². The number of nitrogens with zero attached hydrogens (tertiary/aromatic N) is 4. The smallest absolute Gasteiger partial charge is 0.291 e. The summed E-state index contributed by atoms with van der Waals surface area (Å²) in [6.07, 6.45) is 5.33. The van der Waals surface area contributed by atoms with Gasteiger partial charge in [0.25, 0.3) is 5.69 Å². The molecule has 3 rings (SSSR count). The van der Waals surface area contributed by atoms with Crippen LogP contribution in [0.15, 0.2) is 41.6 Å². The number of piperidine rings is 1. The fourth-order valence-corrected chi connectivity index (χ4v) is 4.03. The Morgan fingerprint density at radius 1 is 1.37 bits per heavy atom. The van der Waals surface area contributed by atoms with Crippen molar-refractivity contribution in [2.24, 2.45) is 5.14 Å². The molecule has 2 aromatic rings. The summed E-state index contributed by atoms with van der Waals surface area (Å²) in [7, 11) is -4.18. The average molecular weight is 394 g/mol. The van der Waals surface area contributed by atoms with E-state index in [9.17, 15) is 18.5 Å². The lowest BCUT2D eigenvalue weighted by atomic mass is 10.0. The molecule has 1 fully saturated rings. The highest BCUT2D eigenvalue weighted by atomic mass is 32.2. The summed E-state index contributed by atoms with van der Waals surface area (Å²) in [6, 6.07) is 6.12. The van der Waals surface area contributed by atoms with E-state index in [0.29, 0.717) is 18.8 Å². The largest absolute Gasteiger partial charge is 0.366 e. The van der Waals surface area contributed by atoms with E-state index in [1.54, 1.807) is 16.9 Å². The molecule has 0 aliphatic carbocycles. The minimum Gasteiger partial charge on any atom is -0.366 e. The van der Waals surface area contributed by atoms with Gasteiger partial charge in [0.1, 0.15) is 0 Å². The Morgan fingerprint density at radius 3 is 2.70 bits per heavy atom. The van der Waals surface area contributed by atoms with Gasteiger partial charge < -0.3 is 10.2 Å². The third-order valence-corrected chi connectivity index (χ3v) is 5.61. The summed E-state index contributed by atoms with van der Waals surface area (Å²) in [5, 5.41) is 24.0. The Hall–Kier alpha value is -2.50. The lowest BCUT2D eigenvalue weighted by Gasteiger charge is -2.36. The molecule has 1 saturated heterocycles. The molecular formula is C16H22N6O4S. The normalized spacial score (nSPS) is 15.6. The van der Waals surface area contributed by atoms with Crippen molar-refractivity contribution in [1.29, 1.82) is 0 Å². The number of nitrogens with one attached hydrogen (secondary N) is 1. The van der Waals surface area contributed by atoms with Gasteiger partial charge in [0.15, 0.2) is 4.90 Å². The maximum atomic E-state index is 11.7. The monoisotopic (exact) mass is 394 g/mol. The predicted molar refractivity (Wildman–Crippen MR) is 99.9 cm³/mol. The van der Waals surface area contributed by atoms with Crippen LogP contribution in [0.5, 0.6) is 0 Å². The lowest BCUT2D eigenvalue weighted by molar-refractivity contribution is -0.387. The maximum Gasteiger partial charge on any atom is 0.291 e. The summed E-state index contributed by atoms with van der Waals surface area (Å²) in [4.78, 5) is 12.3. The molecule has 0 atom stereocenters. The first-order chi connectivity index (χ1) is 12.9. The van der Waals surface area contributed by atoms with Crippen molar-refractivity contribution in [3.05, 3.63) is 46.8 Å². The van der Waals surface area contributed by atoms with Crippen molar-refractivity contribution in [3.63, 3.8) is 0 Å². The molecule has 1 aromatic heterocycles. The molecule has 0 spiro atoms. The number of anilines is 1. The molecule has 0 amide bonds. The molecule has 1 aromatic carbocycles. The van der Waals surface area contributed by atoms with Crippen molar-refractivity contribution >= 4 is 21.4 Å². The van der Waals surface area contributed by atoms with Gasteiger partial charge in [-0.2, -0.15) is 5.10 Å². The van der Waals surface area contributed by atoms with E-state index >= 15 is 0 Å². The Morgan fingerprint density at radius 2 is 2.11 bits per heavy atom. The van der Waals surface area contributed by atoms with Crippen molar-refractivity contribution in [3.8, 4) is 0 Å². The molecule has 0 bridgehead atoms. The van der Waals surface area contributed by atoms with E-state index < -0.39 is 25.5 Å². The van der Waals surface area contributed by atoms with Crippen LogP contribution in [-0.2, 0) is 16.6 Å². The number of nitro groups is 1. The topological polar surface area (TPSA) is 136 Å². The highest BCUT2D eigenvalue weighted by Crippen LogP contribution is 2.30. The quantitative estimate of drug-likeness (QED) is 0.521. The fraction of sp³-hybridized carbons (Fsp3) is 0.438. The highest BCUT2D eigenvalue weighted by molar-refractivity contribution is 7.89. The van der Waals surface area contributed by atoms with Crippen LogP contribution in [0.2, 0.25) is 0 Å². The fourth-order valence-electron chi connectivity index (χ4n) is 3.35. The van der Waals surface area contributed by atoms with Crippen molar-refractivity contribution in [2.45, 2.75) is 30.3 Å². The van der Waals surface area contributed by atoms with Gasteiger partial charge in [0.05, 0.1) is 11.5 Å². The summed E-state index contributed by atoms with van der Waals surface area (Å²) in [5.74, 6) is 0. The van der Waals surface area contributed by atoms with Gasteiger partial charge in [-0.15, -0.1) is 0 Å². The van der Waals surface area contributed by atoms with Gasteiger partial charge in [-0.05, 0) is 44.1 Å². The maximum absolute atomic E-state index is 11.7. The van der Waals surface area contributed by atoms with Gasteiger partial charge in [-0.1, -0.05) is 0 Å². The molecule has 0 radical (unpaired) electrons. The molecule has 11 heteroatoms. The third-order valence-electron chi connectivity index (χ3n) is 4.66. The molecule has 3 N–H and O–H groups in total. The molecule has 2 heterocycles. The van der Waals surface area contributed by atoms with Crippen LogP contribution in [0.1, 0.15) is 12.8 Å². The molecule has 146 valence electrons. The molecular weight excluding hydrogens is 372 g/mol. The summed E-state index contributed by atoms with van der Waals surface area (Å²) >= 11 is 0. The SMILES string of the molecule is NS(=O)(=O)c1ccc(N(CCn2cccn2)C2CCNCC2)cc1[N+](=O)[O-]. The van der Waals surface area contributed by atoms with Crippen LogP contribution in [0.3, 0.4) is 0 Å². The van der Waals surface area contributed by atoms with Crippen LogP contribution in [0, 0.1) is 10.1 Å². The van der Waals surface area contributed by atoms with E-state index in [1.165, 1.54) is 12.1 Å². The number of nitro benzene ring substituents is 1. The lowest BCUT2D eigenvalue weighted by Crippen LogP contribution is -2.44. The van der Waals surface area contributed by atoms with Gasteiger partial charge >= 0.3 is 0 Å². The second-order valence-electron chi connectivity index (χ2n) is 6.40. The molecule has 1 aliphatic rings. The van der Waals surface area contributed by atoms with Crippen LogP contribution in [0.4, 0.5) is 11.4 Å². The molecule has 0 unspecified atom stereocenters. The predicted octanol–water partition coefficient (Wildman–Crippen LogP) is 0.697. The van der Waals surface area contributed by atoms with Crippen molar-refractivity contribution in [2.75, 3.05) is 24.5 Å². The zero-order chi connectivity index (χ0) is 19.4. The Labute approximate surface area is 157 Å². The van der Waals surface area contributed by atoms with Crippen molar-refractivity contribution < 1.29 is 13.3 Å². The number of sulfonamides is 1. The van der Waals surface area contributed by atoms with Crippen LogP contribution >= 0.6 is 0 Å². The Kier molecular flexibility index (Phi) is 5.73. The first-order valence-corrected chi connectivity index (χ1v) is 10.2. The third kappa shape index (κ3) is 4.62. The summed E-state index contributed by atoms with van der Waals surface area (Å²) in [6.45, 7) is 2.93. The molecule has 10 nitrogen and oxygen atoms in total. The first-order valence-electron chi connectivity index (χ1n) is 8.62. The van der Waals surface area contributed by atoms with E-state index in [2.05, 4.69) is 15.3 Å². The zero-order valence-electron chi connectivity index (χ0n) is 14.7. The number of hydrogen-bond donors (Lipinski definition) is 2. The van der Waals surface area contributed by atoms with E-state index in [1.807, 2.05) is 12.3 Å². The molecule has 27 heavy (non-hydrogen) atoms. The molecule has 0 saturated carbocycles. The Bertz CT molecular complexity index is 894. The second-order valence-corrected chi connectivity index (χ2v) is 7.93. The first kappa shape index (κ1) is 19.3. The number of benzene rings is 1. The number of hydrogen-bond acceptors (Lipinski definition) is 7. The average Bonchev–Trinajstić information content (AvgIpc) is 3.15. The number of aromatic nitrogens is 2. The summed E-state index contributed by atoms with van der Waals surface area (Å²) < 4.78 is 25.1. The second kappa shape index (κ2) is 8.03. The minimum atomic E-state index is -4.18. The van der Waals surface area contributed by atoms with Crippen molar-refractivity contribution in [1.82, 2.24) is 15.1 Å². The minimum absolute atomic E-state index is 0.196. The van der Waals surface area contributed by atoms with Crippen LogP contribution < -0.4 is 15.4 Å². The van der Waals surface area contributed by atoms with Gasteiger partial charge in [0.2, 0.25) is 10.0 Å². The van der Waals surface area contributed by atoms with E-state index in [-0.39, 0.29) is 6.04 Å². The standard InChI is InChI=1S/C16H22N6O4S/c17-27(25,26)16-3-2-14(12-15(16)22(23)24)21(13-4-7-18-8-5-13)11-10-20-9-1-6-19-20/h1-3,6,9,12-13,18H,4-5,7-8,10-11H2,(H2,17,25,26). The van der Waals surface area contributed by atoms with Gasteiger partial charge in [-0.3, -0.25) is 14.8 Å². The Balaban J connectivity index is 1.94. The highest BCUT2D eigenvalue weighted by Gasteiger charge is 2.27. The number of primary sulfonamides is 1. The number of rotatable bonds is 7. The van der Waals surface area contributed by atoms with Gasteiger partial charge in [0, 0.05) is 36.7 Å². The summed E-state index contributed by atoms with van der Waals surface area (Å²) in [5.41, 5.74) is 0.0983. The van der Waals surface area contributed by atoms with Gasteiger partial charge in [-0.25, -0.2) is 13.6 Å². The van der Waals surface area contributed by atoms with E-state index in [0.717, 1.165) is 25.9 Å². The molecule has 1 aliphatic heterocycles. The zero-order valence-corrected chi connectivity index (χ0v) is 15.5.